The summed E-state index contributed by atoms with van der Waals surface area (Å²) in [5, 5.41) is 10.1. The number of urea groups is 1. The Morgan fingerprint density at radius 3 is 2.39 bits per heavy atom. The highest BCUT2D eigenvalue weighted by Crippen LogP contribution is 2.32. The van der Waals surface area contributed by atoms with E-state index < -0.39 is 65.5 Å². The Morgan fingerprint density at radius 1 is 1.08 bits per heavy atom. The number of alkyl carbamates (subject to hydrolysis) is 1. The van der Waals surface area contributed by atoms with Gasteiger partial charge in [-0.1, -0.05) is 0 Å². The van der Waals surface area contributed by atoms with Crippen LogP contribution in [0, 0.1) is 0 Å². The van der Waals surface area contributed by atoms with Crippen molar-refractivity contribution in [2.24, 2.45) is 0 Å². The number of anilines is 1. The van der Waals surface area contributed by atoms with Crippen LogP contribution >= 0.6 is 0 Å². The van der Waals surface area contributed by atoms with Crippen LogP contribution in [0.25, 0.3) is 0 Å². The number of carbonyl (C=O) groups excluding carboxylic acids is 4. The van der Waals surface area contributed by atoms with Gasteiger partial charge in [0.2, 0.25) is 5.91 Å². The fourth-order valence-corrected chi connectivity index (χ4v) is 3.76. The maximum absolute atomic E-state index is 13.3. The van der Waals surface area contributed by atoms with Crippen LogP contribution in [-0.2, 0) is 20.4 Å². The van der Waals surface area contributed by atoms with Gasteiger partial charge in [-0.2, -0.15) is 13.2 Å². The Hall–Kier alpha value is -3.55. The monoisotopic (exact) mass is 543 g/mol. The summed E-state index contributed by atoms with van der Waals surface area (Å²) in [5.74, 6) is -1.63. The molecule has 2 aliphatic heterocycles. The zero-order chi connectivity index (χ0) is 28.1. The molecule has 2 heterocycles. The van der Waals surface area contributed by atoms with E-state index in [9.17, 15) is 32.3 Å². The average molecular weight is 544 g/mol. The normalized spacial score (nSPS) is 19.6. The standard InChI is InChI=1S/C24H32F3N5O6/c1-23(2,3)38-22(36)31-17-7-10-37-13-18(17)29-19(33)12-28-20(34)15-11-14(24(25,26)27)5-6-16(15)30-21(35)32-8-4-9-32/h5-6,11,17-18H,4,7-10,12-13H2,1-3H3,(H,28,34)(H,29,33)(H,30,35)(H,31,36)/t17-,18+/m1/s1. The summed E-state index contributed by atoms with van der Waals surface area (Å²) in [6.45, 7) is 6.03. The molecule has 5 amide bonds. The Bertz CT molecular complexity index is 1050. The van der Waals surface area contributed by atoms with Crippen LogP contribution in [0.4, 0.5) is 28.4 Å². The predicted molar refractivity (Wildman–Crippen MR) is 130 cm³/mol. The van der Waals surface area contributed by atoms with Crippen molar-refractivity contribution in [3.8, 4) is 0 Å². The molecular formula is C24H32F3N5O6. The first-order valence-electron chi connectivity index (χ1n) is 12.1. The lowest BCUT2D eigenvalue weighted by molar-refractivity contribution is -0.137. The van der Waals surface area contributed by atoms with Crippen molar-refractivity contribution in [1.82, 2.24) is 20.9 Å². The minimum absolute atomic E-state index is 0.0977. The molecule has 210 valence electrons. The molecule has 1 aromatic rings. The summed E-state index contributed by atoms with van der Waals surface area (Å²) in [5.41, 5.74) is -2.35. The fourth-order valence-electron chi connectivity index (χ4n) is 3.76. The number of likely N-dealkylation sites (tertiary alicyclic amines) is 1. The third kappa shape index (κ3) is 8.23. The lowest BCUT2D eigenvalue weighted by atomic mass is 10.0. The smallest absolute Gasteiger partial charge is 0.416 e. The molecule has 38 heavy (non-hydrogen) atoms. The number of hydrogen-bond donors (Lipinski definition) is 4. The first kappa shape index (κ1) is 29.0. The first-order chi connectivity index (χ1) is 17.7. The van der Waals surface area contributed by atoms with E-state index in [-0.39, 0.29) is 12.3 Å². The molecule has 14 heteroatoms. The average Bonchev–Trinajstić information content (AvgIpc) is 2.75. The SMILES string of the molecule is CC(C)(C)OC(=O)N[C@@H]1CCOC[C@@H]1NC(=O)CNC(=O)c1cc(C(F)(F)F)ccc1NC(=O)N1CCC1. The molecule has 3 rings (SSSR count). The van der Waals surface area contributed by atoms with Gasteiger partial charge >= 0.3 is 18.3 Å². The van der Waals surface area contributed by atoms with Gasteiger partial charge in [-0.05, 0) is 51.8 Å². The van der Waals surface area contributed by atoms with E-state index in [0.29, 0.717) is 32.2 Å². The van der Waals surface area contributed by atoms with E-state index >= 15 is 0 Å². The Kier molecular flexibility index (Phi) is 9.07. The van der Waals surface area contributed by atoms with Crippen LogP contribution < -0.4 is 21.3 Å². The third-order valence-electron chi connectivity index (χ3n) is 5.79. The van der Waals surface area contributed by atoms with Gasteiger partial charge in [-0.15, -0.1) is 0 Å². The largest absolute Gasteiger partial charge is 0.444 e. The van der Waals surface area contributed by atoms with Gasteiger partial charge in [0.25, 0.3) is 5.91 Å². The molecule has 0 spiro atoms. The molecule has 2 aliphatic rings. The minimum atomic E-state index is -4.72. The number of ether oxygens (including phenoxy) is 2. The second-order valence-corrected chi connectivity index (χ2v) is 10.0. The molecule has 1 aromatic carbocycles. The molecular weight excluding hydrogens is 511 g/mol. The highest BCUT2D eigenvalue weighted by atomic mass is 19.4. The van der Waals surface area contributed by atoms with Gasteiger partial charge in [-0.3, -0.25) is 9.59 Å². The first-order valence-corrected chi connectivity index (χ1v) is 12.1. The maximum Gasteiger partial charge on any atom is 0.416 e. The van der Waals surface area contributed by atoms with Crippen molar-refractivity contribution in [3.05, 3.63) is 29.3 Å². The van der Waals surface area contributed by atoms with Crippen LogP contribution in [0.5, 0.6) is 0 Å². The van der Waals surface area contributed by atoms with Crippen molar-refractivity contribution in [3.63, 3.8) is 0 Å². The molecule has 0 saturated carbocycles. The van der Waals surface area contributed by atoms with E-state index in [1.165, 1.54) is 4.90 Å². The molecule has 0 bridgehead atoms. The number of hydrogen-bond acceptors (Lipinski definition) is 6. The Morgan fingerprint density at radius 2 is 1.79 bits per heavy atom. The van der Waals surface area contributed by atoms with E-state index in [0.717, 1.165) is 18.6 Å². The topological polar surface area (TPSA) is 138 Å². The minimum Gasteiger partial charge on any atom is -0.444 e. The maximum atomic E-state index is 13.3. The van der Waals surface area contributed by atoms with Crippen LogP contribution in [0.3, 0.4) is 0 Å². The number of halogens is 3. The highest BCUT2D eigenvalue weighted by molar-refractivity contribution is 6.04. The molecule has 4 N–H and O–H groups in total. The number of carbonyl (C=O) groups is 4. The van der Waals surface area contributed by atoms with Crippen LogP contribution in [-0.4, -0.2) is 79.4 Å². The van der Waals surface area contributed by atoms with Crippen molar-refractivity contribution in [2.75, 3.05) is 38.2 Å². The molecule has 0 unspecified atom stereocenters. The molecule has 0 aromatic heterocycles. The van der Waals surface area contributed by atoms with Crippen molar-refractivity contribution < 1.29 is 41.8 Å². The fraction of sp³-hybridized carbons (Fsp3) is 0.583. The lowest BCUT2D eigenvalue weighted by Gasteiger charge is -2.33. The van der Waals surface area contributed by atoms with E-state index in [1.54, 1.807) is 20.8 Å². The molecule has 11 nitrogen and oxygen atoms in total. The second kappa shape index (κ2) is 11.9. The van der Waals surface area contributed by atoms with Crippen molar-refractivity contribution in [2.45, 2.75) is 57.5 Å². The summed E-state index contributed by atoms with van der Waals surface area (Å²) in [4.78, 5) is 51.2. The summed E-state index contributed by atoms with van der Waals surface area (Å²) >= 11 is 0. The van der Waals surface area contributed by atoms with E-state index in [1.807, 2.05) is 0 Å². The quantitative estimate of drug-likeness (QED) is 0.435. The van der Waals surface area contributed by atoms with Crippen molar-refractivity contribution in [1.29, 1.82) is 0 Å². The van der Waals surface area contributed by atoms with E-state index in [4.69, 9.17) is 9.47 Å². The lowest BCUT2D eigenvalue weighted by Crippen LogP contribution is -2.58. The van der Waals surface area contributed by atoms with Gasteiger partial charge in [0.1, 0.15) is 5.60 Å². The van der Waals surface area contributed by atoms with Gasteiger partial charge in [0.05, 0.1) is 42.0 Å². The number of amides is 5. The predicted octanol–water partition coefficient (Wildman–Crippen LogP) is 2.47. The van der Waals surface area contributed by atoms with Gasteiger partial charge in [-0.25, -0.2) is 9.59 Å². The number of nitrogens with zero attached hydrogens (tertiary/aromatic N) is 1. The number of rotatable bonds is 6. The molecule has 2 fully saturated rings. The van der Waals surface area contributed by atoms with E-state index in [2.05, 4.69) is 21.3 Å². The number of nitrogens with one attached hydrogen (secondary N) is 4. The second-order valence-electron chi connectivity index (χ2n) is 10.0. The number of benzene rings is 1. The van der Waals surface area contributed by atoms with Crippen LogP contribution in [0.15, 0.2) is 18.2 Å². The summed E-state index contributed by atoms with van der Waals surface area (Å²) in [7, 11) is 0. The zero-order valence-electron chi connectivity index (χ0n) is 21.4. The summed E-state index contributed by atoms with van der Waals surface area (Å²) < 4.78 is 50.4. The summed E-state index contributed by atoms with van der Waals surface area (Å²) in [6, 6.07) is 0.723. The van der Waals surface area contributed by atoms with Gasteiger partial charge in [0, 0.05) is 19.7 Å². The van der Waals surface area contributed by atoms with Gasteiger partial charge in [0.15, 0.2) is 0 Å². The third-order valence-corrected chi connectivity index (χ3v) is 5.79. The molecule has 0 aliphatic carbocycles. The van der Waals surface area contributed by atoms with Crippen LogP contribution in [0.2, 0.25) is 0 Å². The molecule has 0 radical (unpaired) electrons. The Labute approximate surface area is 217 Å². The molecule has 2 atom stereocenters. The van der Waals surface area contributed by atoms with Gasteiger partial charge < -0.3 is 35.6 Å². The molecule has 2 saturated heterocycles. The Balaban J connectivity index is 1.63. The van der Waals surface area contributed by atoms with Crippen molar-refractivity contribution >= 4 is 29.6 Å². The number of alkyl halides is 3. The zero-order valence-corrected chi connectivity index (χ0v) is 21.4. The highest BCUT2D eigenvalue weighted by Gasteiger charge is 2.33. The van der Waals surface area contributed by atoms with Crippen LogP contribution in [0.1, 0.15) is 49.5 Å². The summed E-state index contributed by atoms with van der Waals surface area (Å²) in [6.07, 6.45) is -4.16.